The van der Waals surface area contributed by atoms with Gasteiger partial charge in [0.2, 0.25) is 0 Å². The second kappa shape index (κ2) is 12.6. The molecule has 0 spiro atoms. The molecule has 2 rings (SSSR count). The molecule has 12 nitrogen and oxygen atoms in total. The Labute approximate surface area is 204 Å². The number of nitrogens with one attached hydrogen (secondary N) is 4. The number of thiocarbonyl (C=S) groups is 1. The summed E-state index contributed by atoms with van der Waals surface area (Å²) in [6, 6.07) is 3.92. The molecule has 1 aliphatic rings. The van der Waals surface area contributed by atoms with E-state index in [2.05, 4.69) is 15.5 Å². The molecule has 33 heavy (non-hydrogen) atoms. The Morgan fingerprint density at radius 2 is 2.15 bits per heavy atom. The Bertz CT molecular complexity index is 946. The average molecular weight is 516 g/mol. The Hall–Kier alpha value is -2.56. The van der Waals surface area contributed by atoms with Gasteiger partial charge in [-0.2, -0.15) is 0 Å². The summed E-state index contributed by atoms with van der Waals surface area (Å²) in [6.45, 7) is 3.70. The van der Waals surface area contributed by atoms with Crippen LogP contribution < -0.4 is 31.1 Å². The number of hydroxylamine groups is 1. The predicted molar refractivity (Wildman–Crippen MR) is 131 cm³/mol. The molecule has 1 aromatic rings. The zero-order valence-corrected chi connectivity index (χ0v) is 20.2. The quantitative estimate of drug-likeness (QED) is 0.0220. The molecule has 1 fully saturated rings. The Morgan fingerprint density at radius 3 is 2.70 bits per heavy atom. The van der Waals surface area contributed by atoms with Gasteiger partial charge in [0.1, 0.15) is 43.1 Å². The van der Waals surface area contributed by atoms with Crippen molar-refractivity contribution < 1.29 is 23.7 Å². The maximum Gasteiger partial charge on any atom is 0.272 e. The number of rotatable bonds is 13. The van der Waals surface area contributed by atoms with Crippen molar-refractivity contribution in [2.75, 3.05) is 13.2 Å². The normalized spacial score (nSPS) is 18.1. The van der Waals surface area contributed by atoms with Crippen molar-refractivity contribution in [2.45, 2.75) is 25.9 Å². The van der Waals surface area contributed by atoms with E-state index >= 15 is 0 Å². The highest BCUT2D eigenvalue weighted by Gasteiger charge is 2.46. The van der Waals surface area contributed by atoms with Crippen LogP contribution in [0.15, 0.2) is 29.6 Å². The van der Waals surface area contributed by atoms with E-state index in [0.717, 1.165) is 22.0 Å². The maximum absolute atomic E-state index is 12.8. The molecule has 1 aromatic carbocycles. The van der Waals surface area contributed by atoms with Gasteiger partial charge in [-0.15, -0.1) is 0 Å². The standard InChI is InChI=1S/C18H25N7O5S3/c1-9-7-11(3-4-12(9)16(19)20)29-5-6-30-23-15(13(8-31)24-32-21)17(26)22-14-10(2)25(33-28)18(14)27/h3-4,7-8,10,14,23-24,28H,5-6,21H2,1-2H3,(H3,19,20)(H,22,26)/b15-13-/t10-,14-/m0/s1. The van der Waals surface area contributed by atoms with E-state index in [1.54, 1.807) is 25.1 Å². The minimum Gasteiger partial charge on any atom is -0.491 e. The van der Waals surface area contributed by atoms with Gasteiger partial charge in [0.05, 0.1) is 11.7 Å². The molecule has 1 saturated heterocycles. The molecule has 2 atom stereocenters. The van der Waals surface area contributed by atoms with E-state index in [0.29, 0.717) is 23.5 Å². The number of benzene rings is 1. The van der Waals surface area contributed by atoms with Gasteiger partial charge < -0.3 is 25.1 Å². The van der Waals surface area contributed by atoms with Crippen LogP contribution >= 0.6 is 36.6 Å². The van der Waals surface area contributed by atoms with E-state index in [-0.39, 0.29) is 30.4 Å². The summed E-state index contributed by atoms with van der Waals surface area (Å²) in [7, 11) is 0. The van der Waals surface area contributed by atoms with E-state index in [1.807, 2.05) is 6.92 Å². The number of amidine groups is 1. The van der Waals surface area contributed by atoms with Crippen molar-refractivity contribution in [2.24, 2.45) is 10.9 Å². The van der Waals surface area contributed by atoms with Gasteiger partial charge in [-0.25, -0.2) is 0 Å². The summed E-state index contributed by atoms with van der Waals surface area (Å²) in [4.78, 5) is 30.1. The first-order chi connectivity index (χ1) is 15.7. The molecular formula is C18H25N7O5S3. The number of hydrogen-bond donors (Lipinski definition) is 7. The number of β-lactam (4-membered cyclic amide) rings is 1. The number of aryl methyl sites for hydroxylation is 1. The maximum atomic E-state index is 12.8. The van der Waals surface area contributed by atoms with Crippen molar-refractivity contribution in [1.29, 1.82) is 5.41 Å². The minimum absolute atomic E-state index is 0.0244. The highest BCUT2D eigenvalue weighted by molar-refractivity contribution is 7.95. The van der Waals surface area contributed by atoms with E-state index in [4.69, 9.17) is 42.6 Å². The van der Waals surface area contributed by atoms with Gasteiger partial charge >= 0.3 is 0 Å². The van der Waals surface area contributed by atoms with Crippen LogP contribution in [0.25, 0.3) is 0 Å². The van der Waals surface area contributed by atoms with Crippen LogP contribution in [0.5, 0.6) is 5.75 Å². The largest absolute Gasteiger partial charge is 0.491 e. The molecule has 15 heteroatoms. The third kappa shape index (κ3) is 6.72. The molecule has 2 amide bonds. The highest BCUT2D eigenvalue weighted by Crippen LogP contribution is 2.26. The predicted octanol–water partition coefficient (Wildman–Crippen LogP) is 0.339. The highest BCUT2D eigenvalue weighted by atomic mass is 32.2. The number of carbonyl (C=O) groups excluding carboxylic acids is 2. The Kier molecular flexibility index (Phi) is 10.2. The number of amides is 2. The summed E-state index contributed by atoms with van der Waals surface area (Å²) in [5.74, 6) is -0.548. The minimum atomic E-state index is -0.810. The lowest BCUT2D eigenvalue weighted by Crippen LogP contribution is -2.67. The molecule has 0 bridgehead atoms. The monoisotopic (exact) mass is 515 g/mol. The number of carbonyl (C=O) groups is 2. The molecule has 1 aliphatic heterocycles. The molecule has 0 aliphatic carbocycles. The molecule has 1 heterocycles. The molecule has 0 unspecified atom stereocenters. The topological polar surface area (TPSA) is 188 Å². The van der Waals surface area contributed by atoms with Crippen LogP contribution in [0.4, 0.5) is 0 Å². The van der Waals surface area contributed by atoms with Gasteiger partial charge in [0.15, 0.2) is 5.70 Å². The number of hydrogen-bond acceptors (Lipinski definition) is 12. The van der Waals surface area contributed by atoms with Crippen molar-refractivity contribution >= 4 is 59.6 Å². The first-order valence-corrected chi connectivity index (χ1v) is 11.6. The van der Waals surface area contributed by atoms with E-state index in [1.165, 1.54) is 5.37 Å². The van der Waals surface area contributed by atoms with Crippen molar-refractivity contribution in [1.82, 2.24) is 19.8 Å². The lowest BCUT2D eigenvalue weighted by atomic mass is 10.0. The third-order valence-electron chi connectivity index (χ3n) is 4.61. The zero-order valence-electron chi connectivity index (χ0n) is 17.8. The number of nitrogens with two attached hydrogens (primary N) is 2. The number of ether oxygens (including phenoxy) is 1. The summed E-state index contributed by atoms with van der Waals surface area (Å²) < 4.78 is 18.5. The molecule has 9 N–H and O–H groups in total. The molecule has 180 valence electrons. The Balaban J connectivity index is 1.94. The zero-order chi connectivity index (χ0) is 24.5. The molecule has 0 radical (unpaired) electrons. The van der Waals surface area contributed by atoms with Gasteiger partial charge in [-0.3, -0.25) is 34.8 Å². The van der Waals surface area contributed by atoms with Crippen LogP contribution in [0.2, 0.25) is 0 Å². The summed E-state index contributed by atoms with van der Waals surface area (Å²) in [5.41, 5.74) is 9.53. The lowest BCUT2D eigenvalue weighted by molar-refractivity contribution is -0.143. The second-order valence-corrected chi connectivity index (χ2v) is 7.99. The van der Waals surface area contributed by atoms with Gasteiger partial charge in [-0.05, 0) is 37.6 Å². The third-order valence-corrected chi connectivity index (χ3v) is 5.87. The number of nitrogen functional groups attached to an aromatic ring is 1. The van der Waals surface area contributed by atoms with Crippen molar-refractivity contribution in [3.63, 3.8) is 0 Å². The Morgan fingerprint density at radius 1 is 1.42 bits per heavy atom. The van der Waals surface area contributed by atoms with Gasteiger partial charge in [0.25, 0.3) is 11.8 Å². The van der Waals surface area contributed by atoms with Crippen LogP contribution in [-0.4, -0.2) is 57.2 Å². The van der Waals surface area contributed by atoms with Crippen molar-refractivity contribution in [3.8, 4) is 5.75 Å². The van der Waals surface area contributed by atoms with Crippen LogP contribution in [-0.2, 0) is 14.4 Å². The SMILES string of the molecule is Cc1cc(OCCON/C(C(=O)N[C@@H]2C(=O)N(SO)[C@H]2C)=C(/C=S)NSN)ccc1C(=N)N. The summed E-state index contributed by atoms with van der Waals surface area (Å²) in [5, 5.41) is 16.7. The molecular weight excluding hydrogens is 490 g/mol. The van der Waals surface area contributed by atoms with Crippen molar-refractivity contribution in [3.05, 3.63) is 40.7 Å². The average Bonchev–Trinajstić information content (AvgIpc) is 2.78. The number of nitrogens with zero attached hydrogens (tertiary/aromatic N) is 1. The smallest absolute Gasteiger partial charge is 0.272 e. The molecule has 0 aromatic heterocycles. The number of allylic oxidation sites excluding steroid dienone is 1. The van der Waals surface area contributed by atoms with E-state index in [9.17, 15) is 9.59 Å². The van der Waals surface area contributed by atoms with Crippen LogP contribution in [0.1, 0.15) is 18.1 Å². The molecule has 0 saturated carbocycles. The van der Waals surface area contributed by atoms with E-state index < -0.39 is 23.9 Å². The fourth-order valence-electron chi connectivity index (χ4n) is 2.88. The summed E-state index contributed by atoms with van der Waals surface area (Å²) in [6.07, 6.45) is 0. The van der Waals surface area contributed by atoms with Crippen LogP contribution in [0, 0.1) is 12.3 Å². The lowest BCUT2D eigenvalue weighted by Gasteiger charge is -2.42. The fraction of sp³-hybridized carbons (Fsp3) is 0.333. The van der Waals surface area contributed by atoms with Gasteiger partial charge in [-0.1, -0.05) is 12.2 Å². The first-order valence-electron chi connectivity index (χ1n) is 9.47. The second-order valence-electron chi connectivity index (χ2n) is 6.75. The van der Waals surface area contributed by atoms with Crippen LogP contribution in [0.3, 0.4) is 0 Å². The van der Waals surface area contributed by atoms with Gasteiger partial charge in [0, 0.05) is 23.1 Å². The fourth-order valence-corrected chi connectivity index (χ4v) is 3.89. The summed E-state index contributed by atoms with van der Waals surface area (Å²) >= 11 is 5.96. The first kappa shape index (κ1) is 26.7.